The first kappa shape index (κ1) is 27.2. The summed E-state index contributed by atoms with van der Waals surface area (Å²) in [7, 11) is -3.67. The third-order valence-corrected chi connectivity index (χ3v) is 6.28. The third-order valence-electron chi connectivity index (χ3n) is 5.37. The molecule has 0 spiro atoms. The highest BCUT2D eigenvalue weighted by Gasteiger charge is 2.10. The van der Waals surface area contributed by atoms with Gasteiger partial charge in [0, 0.05) is 25.3 Å². The lowest BCUT2D eigenvalue weighted by Gasteiger charge is -2.14. The number of nitrogens with two attached hydrogens (primary N) is 1. The van der Waals surface area contributed by atoms with Crippen LogP contribution in [0.1, 0.15) is 54.9 Å². The number of primary sulfonamides is 1. The molecule has 8 nitrogen and oxygen atoms in total. The number of unbranched alkanes of at least 4 members (excludes halogenated alkanes) is 3. The number of aliphatic hydroxyl groups excluding tert-OH is 2. The average Bonchev–Trinajstić information content (AvgIpc) is 2.79. The number of phenols is 1. The second-order valence-corrected chi connectivity index (χ2v) is 9.65. The molecular formula is C24H36N2O6S. The predicted octanol–water partition coefficient (Wildman–Crippen LogP) is 2.36. The third kappa shape index (κ3) is 10.2. The average molecular weight is 481 g/mol. The van der Waals surface area contributed by atoms with Crippen LogP contribution in [0.4, 0.5) is 0 Å². The van der Waals surface area contributed by atoms with Gasteiger partial charge in [-0.1, -0.05) is 31.0 Å². The molecule has 0 fully saturated rings. The van der Waals surface area contributed by atoms with Crippen LogP contribution in [-0.4, -0.2) is 50.0 Å². The molecule has 0 aliphatic carbocycles. The van der Waals surface area contributed by atoms with Crippen molar-refractivity contribution in [3.8, 4) is 5.75 Å². The van der Waals surface area contributed by atoms with Crippen LogP contribution in [0.15, 0.2) is 47.4 Å². The van der Waals surface area contributed by atoms with Crippen molar-refractivity contribution in [1.82, 2.24) is 5.32 Å². The number of hydrogen-bond donors (Lipinski definition) is 5. The van der Waals surface area contributed by atoms with Crippen molar-refractivity contribution in [3.05, 3.63) is 59.2 Å². The number of aryl methyl sites for hydroxylation is 1. The van der Waals surface area contributed by atoms with Crippen molar-refractivity contribution in [2.75, 3.05) is 26.3 Å². The Morgan fingerprint density at radius 2 is 1.76 bits per heavy atom. The number of benzene rings is 2. The smallest absolute Gasteiger partial charge is 0.238 e. The maximum atomic E-state index is 11.4. The van der Waals surface area contributed by atoms with E-state index >= 15 is 0 Å². The molecule has 0 bridgehead atoms. The van der Waals surface area contributed by atoms with Crippen molar-refractivity contribution in [3.63, 3.8) is 0 Å². The first-order chi connectivity index (χ1) is 15.8. The molecule has 0 saturated heterocycles. The van der Waals surface area contributed by atoms with Gasteiger partial charge in [0.2, 0.25) is 10.0 Å². The topological polar surface area (TPSA) is 142 Å². The second-order valence-electron chi connectivity index (χ2n) is 8.09. The Kier molecular flexibility index (Phi) is 11.8. The molecule has 0 unspecified atom stereocenters. The summed E-state index contributed by atoms with van der Waals surface area (Å²) in [5.74, 6) is 0.0281. The van der Waals surface area contributed by atoms with Gasteiger partial charge in [-0.25, -0.2) is 13.6 Å². The molecule has 0 aliphatic heterocycles. The Morgan fingerprint density at radius 3 is 2.52 bits per heavy atom. The predicted molar refractivity (Wildman–Crippen MR) is 127 cm³/mol. The van der Waals surface area contributed by atoms with Crippen molar-refractivity contribution < 1.29 is 28.5 Å². The molecule has 6 N–H and O–H groups in total. The van der Waals surface area contributed by atoms with Gasteiger partial charge in [-0.2, -0.15) is 0 Å². The number of rotatable bonds is 16. The van der Waals surface area contributed by atoms with Crippen LogP contribution in [0.5, 0.6) is 5.75 Å². The molecule has 9 heteroatoms. The van der Waals surface area contributed by atoms with Crippen LogP contribution in [0.3, 0.4) is 0 Å². The normalized spacial score (nSPS) is 12.7. The summed E-state index contributed by atoms with van der Waals surface area (Å²) in [5, 5.41) is 37.4. The highest BCUT2D eigenvalue weighted by atomic mass is 32.2. The van der Waals surface area contributed by atoms with E-state index in [1.54, 1.807) is 24.3 Å². The fourth-order valence-corrected chi connectivity index (χ4v) is 4.05. The van der Waals surface area contributed by atoms with Crippen molar-refractivity contribution >= 4 is 10.0 Å². The van der Waals surface area contributed by atoms with E-state index in [2.05, 4.69) is 5.32 Å². The quantitative estimate of drug-likeness (QED) is 0.232. The van der Waals surface area contributed by atoms with E-state index in [1.165, 1.54) is 12.1 Å². The molecule has 0 radical (unpaired) electrons. The molecule has 0 heterocycles. The van der Waals surface area contributed by atoms with Gasteiger partial charge in [-0.15, -0.1) is 0 Å². The van der Waals surface area contributed by atoms with E-state index in [1.807, 2.05) is 6.07 Å². The van der Waals surface area contributed by atoms with Gasteiger partial charge in [-0.3, -0.25) is 0 Å². The Bertz CT molecular complexity index is 952. The minimum Gasteiger partial charge on any atom is -0.508 e. The van der Waals surface area contributed by atoms with E-state index in [9.17, 15) is 23.7 Å². The van der Waals surface area contributed by atoms with E-state index in [4.69, 9.17) is 9.88 Å². The van der Waals surface area contributed by atoms with Gasteiger partial charge >= 0.3 is 0 Å². The number of hydrogen-bond acceptors (Lipinski definition) is 7. The zero-order valence-electron chi connectivity index (χ0n) is 18.9. The van der Waals surface area contributed by atoms with Crippen LogP contribution in [-0.2, 0) is 27.8 Å². The van der Waals surface area contributed by atoms with Crippen LogP contribution < -0.4 is 10.5 Å². The molecule has 33 heavy (non-hydrogen) atoms. The molecular weight excluding hydrogens is 444 g/mol. The number of aromatic hydroxyl groups is 1. The first-order valence-corrected chi connectivity index (χ1v) is 12.9. The van der Waals surface area contributed by atoms with Crippen molar-refractivity contribution in [1.29, 1.82) is 0 Å². The number of nitrogens with one attached hydrogen (secondary N) is 1. The van der Waals surface area contributed by atoms with Crippen LogP contribution in [0.2, 0.25) is 0 Å². The van der Waals surface area contributed by atoms with Crippen molar-refractivity contribution in [2.45, 2.75) is 56.1 Å². The van der Waals surface area contributed by atoms with E-state index in [-0.39, 0.29) is 17.3 Å². The highest BCUT2D eigenvalue weighted by molar-refractivity contribution is 7.89. The van der Waals surface area contributed by atoms with Gasteiger partial charge in [0.1, 0.15) is 5.75 Å². The van der Waals surface area contributed by atoms with Gasteiger partial charge < -0.3 is 25.4 Å². The van der Waals surface area contributed by atoms with Gasteiger partial charge in [-0.05, 0) is 67.6 Å². The van der Waals surface area contributed by atoms with E-state index < -0.39 is 16.1 Å². The minimum atomic E-state index is -3.67. The summed E-state index contributed by atoms with van der Waals surface area (Å²) in [4.78, 5) is 0.140. The Labute approximate surface area is 196 Å². The van der Waals surface area contributed by atoms with Crippen LogP contribution in [0, 0.1) is 0 Å². The van der Waals surface area contributed by atoms with Crippen LogP contribution >= 0.6 is 0 Å². The van der Waals surface area contributed by atoms with Crippen LogP contribution in [0.25, 0.3) is 0 Å². The van der Waals surface area contributed by atoms with E-state index in [0.29, 0.717) is 30.9 Å². The summed E-state index contributed by atoms with van der Waals surface area (Å²) in [6, 6.07) is 11.4. The fourth-order valence-electron chi connectivity index (χ4n) is 3.46. The lowest BCUT2D eigenvalue weighted by atomic mass is 10.1. The Balaban J connectivity index is 1.46. The summed E-state index contributed by atoms with van der Waals surface area (Å²) in [5.41, 5.74) is 2.01. The van der Waals surface area contributed by atoms with Gasteiger partial charge in [0.05, 0.1) is 17.6 Å². The number of ether oxygens (including phenoxy) is 1. The SMILES string of the molecule is NS(=O)(=O)c1cccc(CCCOCCCCCCNC[C@@H](O)c2ccc(O)c(CO)c2)c1. The molecule has 2 aromatic rings. The monoisotopic (exact) mass is 480 g/mol. The van der Waals surface area contributed by atoms with Crippen molar-refractivity contribution in [2.24, 2.45) is 5.14 Å². The molecule has 1 atom stereocenters. The molecule has 184 valence electrons. The number of aliphatic hydroxyl groups is 2. The maximum absolute atomic E-state index is 11.4. The standard InChI is InChI=1S/C24H36N2O6S/c25-33(30,31)22-9-5-7-19(15-22)8-6-14-32-13-4-2-1-3-12-26-17-24(29)20-10-11-23(28)21(16-20)18-27/h5,7,9-11,15-16,24,26-29H,1-4,6,8,12-14,17-18H2,(H2,25,30,31)/t24-/m1/s1. The first-order valence-electron chi connectivity index (χ1n) is 11.3. The largest absolute Gasteiger partial charge is 0.508 e. The Morgan fingerprint density at radius 1 is 1.00 bits per heavy atom. The highest BCUT2D eigenvalue weighted by Crippen LogP contribution is 2.22. The summed E-state index contributed by atoms with van der Waals surface area (Å²) >= 11 is 0. The fraction of sp³-hybridized carbons (Fsp3) is 0.500. The molecule has 2 rings (SSSR count). The minimum absolute atomic E-state index is 0.0281. The van der Waals surface area contributed by atoms with E-state index in [0.717, 1.165) is 50.6 Å². The molecule has 0 amide bonds. The maximum Gasteiger partial charge on any atom is 0.238 e. The Hall–Kier alpha value is -2.01. The van der Waals surface area contributed by atoms with Gasteiger partial charge in [0.15, 0.2) is 0 Å². The molecule has 0 saturated carbocycles. The summed E-state index contributed by atoms with van der Waals surface area (Å²) in [6.45, 7) is 2.30. The summed E-state index contributed by atoms with van der Waals surface area (Å²) < 4.78 is 28.4. The molecule has 0 aromatic heterocycles. The second kappa shape index (κ2) is 14.3. The summed E-state index contributed by atoms with van der Waals surface area (Å²) in [6.07, 6.45) is 5.00. The number of sulfonamides is 1. The zero-order valence-corrected chi connectivity index (χ0v) is 19.8. The zero-order chi connectivity index (χ0) is 24.1. The van der Waals surface area contributed by atoms with Gasteiger partial charge in [0.25, 0.3) is 0 Å². The lowest BCUT2D eigenvalue weighted by molar-refractivity contribution is 0.127. The molecule has 2 aromatic carbocycles. The lowest BCUT2D eigenvalue weighted by Crippen LogP contribution is -2.22. The molecule has 0 aliphatic rings.